The van der Waals surface area contributed by atoms with Gasteiger partial charge in [-0.3, -0.25) is 4.79 Å². The van der Waals surface area contributed by atoms with Crippen molar-refractivity contribution in [2.75, 3.05) is 6.61 Å². The number of hydrogen-bond donors (Lipinski definition) is 0. The van der Waals surface area contributed by atoms with Crippen molar-refractivity contribution in [1.29, 1.82) is 0 Å². The van der Waals surface area contributed by atoms with Gasteiger partial charge in [-0.25, -0.2) is 0 Å². The Kier molecular flexibility index (Phi) is 4.50. The Morgan fingerprint density at radius 3 is 2.75 bits per heavy atom. The molecule has 0 unspecified atom stereocenters. The third kappa shape index (κ3) is 3.61. The largest absolute Gasteiger partial charge is 0.466 e. The monoisotopic (exact) mass is 228 g/mol. The maximum Gasteiger partial charge on any atom is 0.305 e. The molecule has 0 spiro atoms. The summed E-state index contributed by atoms with van der Waals surface area (Å²) in [5.41, 5.74) is 0. The zero-order valence-corrected chi connectivity index (χ0v) is 10.2. The molecule has 0 N–H and O–H groups in total. The Morgan fingerprint density at radius 2 is 2.19 bits per heavy atom. The molecule has 0 saturated carbocycles. The summed E-state index contributed by atoms with van der Waals surface area (Å²) >= 11 is 0. The van der Waals surface area contributed by atoms with E-state index in [-0.39, 0.29) is 18.2 Å². The average molecular weight is 228 g/mol. The summed E-state index contributed by atoms with van der Waals surface area (Å²) in [6, 6.07) is 0. The van der Waals surface area contributed by atoms with Crippen LogP contribution in [-0.2, 0) is 19.0 Å². The van der Waals surface area contributed by atoms with Gasteiger partial charge in [-0.05, 0) is 27.2 Å². The zero-order valence-electron chi connectivity index (χ0n) is 10.2. The van der Waals surface area contributed by atoms with Crippen LogP contribution in [0.25, 0.3) is 0 Å². The first-order valence-electron chi connectivity index (χ1n) is 5.62. The lowest BCUT2D eigenvalue weighted by Crippen LogP contribution is -2.22. The smallest absolute Gasteiger partial charge is 0.305 e. The van der Waals surface area contributed by atoms with Crippen LogP contribution in [0.1, 0.15) is 33.6 Å². The van der Waals surface area contributed by atoms with Crippen LogP contribution in [0.3, 0.4) is 0 Å². The molecule has 1 fully saturated rings. The molecule has 1 aliphatic rings. The van der Waals surface area contributed by atoms with Crippen molar-refractivity contribution in [1.82, 2.24) is 0 Å². The molecule has 0 bridgehead atoms. The second-order valence-corrected chi connectivity index (χ2v) is 4.22. The van der Waals surface area contributed by atoms with Gasteiger partial charge in [0.1, 0.15) is 6.10 Å². The number of carbonyl (C=O) groups is 1. The molecule has 16 heavy (non-hydrogen) atoms. The van der Waals surface area contributed by atoms with Gasteiger partial charge in [-0.1, -0.05) is 6.08 Å². The first-order valence-corrected chi connectivity index (χ1v) is 5.62. The third-order valence-corrected chi connectivity index (χ3v) is 2.39. The fourth-order valence-electron chi connectivity index (χ4n) is 1.78. The highest BCUT2D eigenvalue weighted by atomic mass is 16.7. The molecule has 0 aliphatic carbocycles. The molecule has 1 aliphatic heterocycles. The van der Waals surface area contributed by atoms with Crippen molar-refractivity contribution in [2.24, 2.45) is 0 Å². The number of hydrogen-bond acceptors (Lipinski definition) is 4. The Bertz CT molecular complexity index is 260. The standard InChI is InChI=1S/C12H20O4/c1-5-9-10(16-12(3,4)15-9)7-8-11(13)14-6-2/h5,9-10H,1,6-8H2,2-4H3/t9-,10+/m1/s1. The highest BCUT2D eigenvalue weighted by Gasteiger charge is 2.39. The van der Waals surface area contributed by atoms with Gasteiger partial charge in [-0.15, -0.1) is 6.58 Å². The van der Waals surface area contributed by atoms with E-state index in [1.54, 1.807) is 13.0 Å². The normalized spacial score (nSPS) is 27.7. The van der Waals surface area contributed by atoms with E-state index in [4.69, 9.17) is 14.2 Å². The summed E-state index contributed by atoms with van der Waals surface area (Å²) in [5.74, 6) is -0.795. The maximum atomic E-state index is 11.2. The highest BCUT2D eigenvalue weighted by Crippen LogP contribution is 2.30. The molecule has 0 aromatic heterocycles. The summed E-state index contributed by atoms with van der Waals surface area (Å²) in [4.78, 5) is 11.2. The van der Waals surface area contributed by atoms with Crippen molar-refractivity contribution in [3.8, 4) is 0 Å². The fraction of sp³-hybridized carbons (Fsp3) is 0.750. The van der Waals surface area contributed by atoms with Crippen LogP contribution in [0.2, 0.25) is 0 Å². The summed E-state index contributed by atoms with van der Waals surface area (Å²) in [7, 11) is 0. The Balaban J connectivity index is 2.41. The molecule has 0 aromatic carbocycles. The Morgan fingerprint density at radius 1 is 1.50 bits per heavy atom. The van der Waals surface area contributed by atoms with Crippen LogP contribution in [0, 0.1) is 0 Å². The minimum absolute atomic E-state index is 0.114. The summed E-state index contributed by atoms with van der Waals surface area (Å²) in [6.07, 6.45) is 2.40. The molecule has 1 saturated heterocycles. The average Bonchev–Trinajstić information content (AvgIpc) is 2.51. The van der Waals surface area contributed by atoms with E-state index in [1.165, 1.54) is 0 Å². The zero-order chi connectivity index (χ0) is 12.2. The Hall–Kier alpha value is -0.870. The molecule has 0 radical (unpaired) electrons. The van der Waals surface area contributed by atoms with Crippen molar-refractivity contribution in [3.05, 3.63) is 12.7 Å². The molecule has 2 atom stereocenters. The summed E-state index contributed by atoms with van der Waals surface area (Å²) in [6.45, 7) is 9.62. The van der Waals surface area contributed by atoms with E-state index in [0.717, 1.165) is 0 Å². The van der Waals surface area contributed by atoms with Crippen LogP contribution in [-0.4, -0.2) is 30.6 Å². The summed E-state index contributed by atoms with van der Waals surface area (Å²) < 4.78 is 16.2. The van der Waals surface area contributed by atoms with E-state index in [9.17, 15) is 4.79 Å². The number of esters is 1. The van der Waals surface area contributed by atoms with Crippen LogP contribution < -0.4 is 0 Å². The number of rotatable bonds is 5. The maximum absolute atomic E-state index is 11.2. The molecule has 4 nitrogen and oxygen atoms in total. The van der Waals surface area contributed by atoms with E-state index < -0.39 is 5.79 Å². The van der Waals surface area contributed by atoms with Gasteiger partial charge in [0.15, 0.2) is 5.79 Å². The molecule has 1 heterocycles. The summed E-state index contributed by atoms with van der Waals surface area (Å²) in [5, 5.41) is 0. The van der Waals surface area contributed by atoms with Gasteiger partial charge in [0.25, 0.3) is 0 Å². The molecular formula is C12H20O4. The Labute approximate surface area is 96.6 Å². The second kappa shape index (κ2) is 5.46. The lowest BCUT2D eigenvalue weighted by molar-refractivity contribution is -0.149. The van der Waals surface area contributed by atoms with Crippen LogP contribution in [0.15, 0.2) is 12.7 Å². The van der Waals surface area contributed by atoms with Gasteiger partial charge < -0.3 is 14.2 Å². The second-order valence-electron chi connectivity index (χ2n) is 4.22. The van der Waals surface area contributed by atoms with E-state index in [2.05, 4.69) is 6.58 Å². The first-order chi connectivity index (χ1) is 7.48. The van der Waals surface area contributed by atoms with E-state index in [1.807, 2.05) is 13.8 Å². The fourth-order valence-corrected chi connectivity index (χ4v) is 1.78. The van der Waals surface area contributed by atoms with Crippen molar-refractivity contribution >= 4 is 5.97 Å². The first kappa shape index (κ1) is 13.2. The predicted octanol–water partition coefficient (Wildman–Crippen LogP) is 2.04. The lowest BCUT2D eigenvalue weighted by Gasteiger charge is -2.16. The van der Waals surface area contributed by atoms with Gasteiger partial charge in [-0.2, -0.15) is 0 Å². The minimum Gasteiger partial charge on any atom is -0.466 e. The third-order valence-electron chi connectivity index (χ3n) is 2.39. The van der Waals surface area contributed by atoms with Crippen LogP contribution in [0.4, 0.5) is 0 Å². The van der Waals surface area contributed by atoms with Gasteiger partial charge in [0.2, 0.25) is 0 Å². The molecule has 0 aromatic rings. The van der Waals surface area contributed by atoms with Gasteiger partial charge in [0.05, 0.1) is 12.7 Å². The van der Waals surface area contributed by atoms with Gasteiger partial charge >= 0.3 is 5.97 Å². The minimum atomic E-state index is -0.599. The number of carbonyl (C=O) groups excluding carboxylic acids is 1. The van der Waals surface area contributed by atoms with Crippen LogP contribution >= 0.6 is 0 Å². The quantitative estimate of drug-likeness (QED) is 0.533. The van der Waals surface area contributed by atoms with E-state index in [0.29, 0.717) is 19.4 Å². The molecule has 92 valence electrons. The van der Waals surface area contributed by atoms with Gasteiger partial charge in [0, 0.05) is 6.42 Å². The lowest BCUT2D eigenvalue weighted by atomic mass is 10.1. The van der Waals surface area contributed by atoms with Crippen LogP contribution in [0.5, 0.6) is 0 Å². The van der Waals surface area contributed by atoms with E-state index >= 15 is 0 Å². The topological polar surface area (TPSA) is 44.8 Å². The molecule has 4 heteroatoms. The number of ether oxygens (including phenoxy) is 3. The van der Waals surface area contributed by atoms with Crippen molar-refractivity contribution < 1.29 is 19.0 Å². The molecular weight excluding hydrogens is 208 g/mol. The van der Waals surface area contributed by atoms with Crippen molar-refractivity contribution in [2.45, 2.75) is 51.6 Å². The SMILES string of the molecule is C=C[C@H]1OC(C)(C)O[C@H]1CCC(=O)OCC. The molecule has 1 rings (SSSR count). The molecule has 0 amide bonds. The predicted molar refractivity (Wildman–Crippen MR) is 59.9 cm³/mol. The van der Waals surface area contributed by atoms with Crippen molar-refractivity contribution in [3.63, 3.8) is 0 Å². The highest BCUT2D eigenvalue weighted by molar-refractivity contribution is 5.69.